The lowest BCUT2D eigenvalue weighted by Crippen LogP contribution is -2.20. The van der Waals surface area contributed by atoms with Crippen LogP contribution in [0.1, 0.15) is 12.8 Å². The highest BCUT2D eigenvalue weighted by molar-refractivity contribution is 6.22. The van der Waals surface area contributed by atoms with E-state index in [0.29, 0.717) is 12.8 Å². The summed E-state index contributed by atoms with van der Waals surface area (Å²) in [5.41, 5.74) is 0. The summed E-state index contributed by atoms with van der Waals surface area (Å²) in [6.45, 7) is 0. The van der Waals surface area contributed by atoms with Crippen LogP contribution in [0.25, 0.3) is 0 Å². The molecule has 0 aromatic heterocycles. The van der Waals surface area contributed by atoms with Crippen molar-refractivity contribution in [2.75, 3.05) is 0 Å². The zero-order valence-electron chi connectivity index (χ0n) is 6.37. The van der Waals surface area contributed by atoms with Crippen LogP contribution in [0.15, 0.2) is 0 Å². The van der Waals surface area contributed by atoms with E-state index in [4.69, 9.17) is 16.7 Å². The summed E-state index contributed by atoms with van der Waals surface area (Å²) < 4.78 is 0. The van der Waals surface area contributed by atoms with E-state index in [0.717, 1.165) is 0 Å². The van der Waals surface area contributed by atoms with Crippen molar-refractivity contribution < 1.29 is 14.7 Å². The molecule has 0 unspecified atom stereocenters. The van der Waals surface area contributed by atoms with Gasteiger partial charge in [0.15, 0.2) is 0 Å². The fraction of sp³-hybridized carbons (Fsp3) is 0.750. The number of Topliss-reactive ketones (excluding diaryl/α,β-unsaturated/α-hetero) is 1. The first kappa shape index (κ1) is 8.05. The van der Waals surface area contributed by atoms with Crippen LogP contribution in [-0.4, -0.2) is 22.2 Å². The number of carboxylic acid groups (broad SMARTS) is 1. The monoisotopic (exact) mass is 188 g/mol. The average Bonchev–Trinajstić information content (AvgIpc) is 2.41. The molecule has 3 nitrogen and oxygen atoms in total. The minimum Gasteiger partial charge on any atom is -0.481 e. The average molecular weight is 189 g/mol. The molecule has 2 rings (SSSR count). The van der Waals surface area contributed by atoms with Crippen LogP contribution in [-0.2, 0) is 9.59 Å². The van der Waals surface area contributed by atoms with Crippen LogP contribution in [0.4, 0.5) is 0 Å². The number of carbonyl (C=O) groups excluding carboxylic acids is 1. The van der Waals surface area contributed by atoms with E-state index in [2.05, 4.69) is 0 Å². The lowest BCUT2D eigenvalue weighted by Gasteiger charge is -2.12. The maximum atomic E-state index is 11.2. The Balaban J connectivity index is 2.28. The van der Waals surface area contributed by atoms with Crippen molar-refractivity contribution in [2.24, 2.45) is 17.8 Å². The van der Waals surface area contributed by atoms with Gasteiger partial charge in [0, 0.05) is 17.7 Å². The lowest BCUT2D eigenvalue weighted by atomic mass is 9.98. The van der Waals surface area contributed by atoms with Gasteiger partial charge < -0.3 is 5.11 Å². The van der Waals surface area contributed by atoms with Crippen molar-refractivity contribution in [3.63, 3.8) is 0 Å². The molecular formula is C8H9ClO3. The van der Waals surface area contributed by atoms with Gasteiger partial charge in [0.2, 0.25) is 0 Å². The second kappa shape index (κ2) is 2.46. The molecule has 2 saturated carbocycles. The topological polar surface area (TPSA) is 54.4 Å². The summed E-state index contributed by atoms with van der Waals surface area (Å²) in [6, 6.07) is 0. The van der Waals surface area contributed by atoms with E-state index in [9.17, 15) is 9.59 Å². The third-order valence-corrected chi connectivity index (χ3v) is 3.48. The second-order valence-electron chi connectivity index (χ2n) is 3.56. The molecule has 2 bridgehead atoms. The Labute approximate surface area is 74.7 Å². The molecule has 12 heavy (non-hydrogen) atoms. The van der Waals surface area contributed by atoms with E-state index in [1.807, 2.05) is 0 Å². The molecule has 2 aliphatic rings. The van der Waals surface area contributed by atoms with Crippen LogP contribution in [0.2, 0.25) is 0 Å². The van der Waals surface area contributed by atoms with Gasteiger partial charge in [0.05, 0.1) is 5.92 Å². The third kappa shape index (κ3) is 0.891. The summed E-state index contributed by atoms with van der Waals surface area (Å²) in [7, 11) is 0. The molecule has 66 valence electrons. The number of aliphatic carboxylic acids is 1. The molecule has 0 saturated heterocycles. The Kier molecular flexibility index (Phi) is 1.65. The van der Waals surface area contributed by atoms with Gasteiger partial charge in [-0.1, -0.05) is 0 Å². The number of halogens is 1. The first-order chi connectivity index (χ1) is 5.61. The predicted octanol–water partition coefficient (Wildman–Crippen LogP) is 0.904. The van der Waals surface area contributed by atoms with Crippen molar-refractivity contribution in [1.82, 2.24) is 0 Å². The number of carboxylic acids is 1. The maximum Gasteiger partial charge on any atom is 0.307 e. The molecule has 2 aliphatic carbocycles. The molecule has 1 N–H and O–H groups in total. The van der Waals surface area contributed by atoms with E-state index >= 15 is 0 Å². The van der Waals surface area contributed by atoms with E-state index in [1.165, 1.54) is 0 Å². The Morgan fingerprint density at radius 1 is 1.58 bits per heavy atom. The summed E-state index contributed by atoms with van der Waals surface area (Å²) in [6.07, 6.45) is 0.928. The number of carbonyl (C=O) groups is 2. The van der Waals surface area contributed by atoms with Crippen LogP contribution in [0.3, 0.4) is 0 Å². The van der Waals surface area contributed by atoms with Gasteiger partial charge in [0.25, 0.3) is 0 Å². The Hall–Kier alpha value is -0.570. The molecule has 0 aromatic rings. The molecule has 0 aromatic carbocycles. The molecule has 4 heteroatoms. The van der Waals surface area contributed by atoms with Gasteiger partial charge in [-0.05, 0) is 12.3 Å². The zero-order chi connectivity index (χ0) is 8.88. The Bertz CT molecular complexity index is 251. The molecule has 0 amide bonds. The third-order valence-electron chi connectivity index (χ3n) is 2.97. The minimum atomic E-state index is -0.862. The molecule has 0 spiro atoms. The zero-order valence-corrected chi connectivity index (χ0v) is 7.12. The van der Waals surface area contributed by atoms with Gasteiger partial charge in [-0.25, -0.2) is 0 Å². The van der Waals surface area contributed by atoms with Crippen molar-refractivity contribution >= 4 is 23.4 Å². The number of hydrogen-bond donors (Lipinski definition) is 1. The highest BCUT2D eigenvalue weighted by Gasteiger charge is 2.55. The molecular weight excluding hydrogens is 180 g/mol. The second-order valence-corrected chi connectivity index (χ2v) is 4.12. The standard InChI is InChI=1S/C8H9ClO3/c9-5-1-4-6(10)2-3(5)7(4)8(11)12/h3-5,7H,1-2H2,(H,11,12)/t3-,4-,5+,7-/m1/s1. The van der Waals surface area contributed by atoms with Gasteiger partial charge in [-0.15, -0.1) is 11.6 Å². The Morgan fingerprint density at radius 2 is 2.25 bits per heavy atom. The molecule has 0 aliphatic heterocycles. The maximum absolute atomic E-state index is 11.2. The summed E-state index contributed by atoms with van der Waals surface area (Å²) in [5, 5.41) is 8.72. The van der Waals surface area contributed by atoms with Crippen molar-refractivity contribution in [3.8, 4) is 0 Å². The largest absolute Gasteiger partial charge is 0.481 e. The normalized spacial score (nSPS) is 45.2. The van der Waals surface area contributed by atoms with Crippen LogP contribution in [0.5, 0.6) is 0 Å². The number of hydrogen-bond acceptors (Lipinski definition) is 2. The van der Waals surface area contributed by atoms with Gasteiger partial charge >= 0.3 is 5.97 Å². The highest BCUT2D eigenvalue weighted by atomic mass is 35.5. The highest BCUT2D eigenvalue weighted by Crippen LogP contribution is 2.49. The molecule has 0 radical (unpaired) electrons. The first-order valence-electron chi connectivity index (χ1n) is 4.01. The molecule has 0 heterocycles. The summed E-state index contributed by atoms with van der Waals surface area (Å²) >= 11 is 5.90. The predicted molar refractivity (Wildman–Crippen MR) is 42.0 cm³/mol. The van der Waals surface area contributed by atoms with Crippen molar-refractivity contribution in [1.29, 1.82) is 0 Å². The summed E-state index contributed by atoms with van der Waals surface area (Å²) in [4.78, 5) is 21.9. The molecule has 2 fully saturated rings. The number of fused-ring (bicyclic) bond motifs is 2. The minimum absolute atomic E-state index is 0.0873. The fourth-order valence-electron chi connectivity index (χ4n) is 2.41. The van der Waals surface area contributed by atoms with Crippen LogP contribution < -0.4 is 0 Å². The van der Waals surface area contributed by atoms with Crippen molar-refractivity contribution in [3.05, 3.63) is 0 Å². The first-order valence-corrected chi connectivity index (χ1v) is 4.44. The quantitative estimate of drug-likeness (QED) is 0.623. The van der Waals surface area contributed by atoms with E-state index < -0.39 is 11.9 Å². The van der Waals surface area contributed by atoms with Gasteiger partial charge in [-0.2, -0.15) is 0 Å². The number of ketones is 1. The van der Waals surface area contributed by atoms with E-state index in [1.54, 1.807) is 0 Å². The van der Waals surface area contributed by atoms with Crippen molar-refractivity contribution in [2.45, 2.75) is 18.2 Å². The van der Waals surface area contributed by atoms with Crippen LogP contribution in [0, 0.1) is 17.8 Å². The van der Waals surface area contributed by atoms with Gasteiger partial charge in [0.1, 0.15) is 5.78 Å². The smallest absolute Gasteiger partial charge is 0.307 e. The van der Waals surface area contributed by atoms with E-state index in [-0.39, 0.29) is 23.0 Å². The number of alkyl halides is 1. The fourth-order valence-corrected chi connectivity index (χ4v) is 2.85. The molecule has 4 atom stereocenters. The Morgan fingerprint density at radius 3 is 2.58 bits per heavy atom. The number of rotatable bonds is 1. The lowest BCUT2D eigenvalue weighted by molar-refractivity contribution is -0.144. The SMILES string of the molecule is O=C(O)[C@@H]1[C@@H]2CC(=O)[C@H]1C[C@@H]2Cl. The van der Waals surface area contributed by atoms with Crippen LogP contribution >= 0.6 is 11.6 Å². The van der Waals surface area contributed by atoms with Gasteiger partial charge in [-0.3, -0.25) is 9.59 Å². The summed E-state index contributed by atoms with van der Waals surface area (Å²) in [5.74, 6) is -1.68.